The molecule has 1 aromatic rings. The Hall–Kier alpha value is -0.320. The summed E-state index contributed by atoms with van der Waals surface area (Å²) in [6.07, 6.45) is 5.46. The van der Waals surface area contributed by atoms with E-state index in [1.54, 1.807) is 6.26 Å². The molecule has 1 atom stereocenters. The highest BCUT2D eigenvalue weighted by atomic mass is 79.9. The van der Waals surface area contributed by atoms with Crippen molar-refractivity contribution in [2.24, 2.45) is 11.8 Å². The fourth-order valence-electron chi connectivity index (χ4n) is 1.53. The van der Waals surface area contributed by atoms with Gasteiger partial charge >= 0.3 is 0 Å². The number of hydrazine groups is 1. The van der Waals surface area contributed by atoms with Crippen LogP contribution in [0.1, 0.15) is 30.9 Å². The highest BCUT2D eigenvalue weighted by Gasteiger charge is 2.27. The van der Waals surface area contributed by atoms with Gasteiger partial charge < -0.3 is 4.42 Å². The highest BCUT2D eigenvalue weighted by molar-refractivity contribution is 9.10. The second kappa shape index (κ2) is 3.82. The van der Waals surface area contributed by atoms with Crippen molar-refractivity contribution in [1.29, 1.82) is 0 Å². The Balaban J connectivity index is 2.06. The Kier molecular flexibility index (Phi) is 2.71. The van der Waals surface area contributed by atoms with Crippen molar-refractivity contribution in [1.82, 2.24) is 5.43 Å². The van der Waals surface area contributed by atoms with E-state index in [0.717, 1.165) is 22.6 Å². The van der Waals surface area contributed by atoms with Gasteiger partial charge in [-0.2, -0.15) is 0 Å². The molecule has 0 bridgehead atoms. The summed E-state index contributed by atoms with van der Waals surface area (Å²) in [5.41, 5.74) is 3.95. The largest absolute Gasteiger partial charge is 0.457 e. The summed E-state index contributed by atoms with van der Waals surface area (Å²) in [5, 5.41) is 0. The molecule has 72 valence electrons. The predicted molar refractivity (Wildman–Crippen MR) is 53.8 cm³/mol. The molecule has 1 saturated carbocycles. The Morgan fingerprint density at radius 2 is 2.46 bits per heavy atom. The molecule has 1 aliphatic rings. The van der Waals surface area contributed by atoms with Crippen molar-refractivity contribution in [3.63, 3.8) is 0 Å². The molecule has 0 aliphatic heterocycles. The van der Waals surface area contributed by atoms with Gasteiger partial charge in [0.25, 0.3) is 0 Å². The molecule has 1 aliphatic carbocycles. The van der Waals surface area contributed by atoms with Crippen molar-refractivity contribution in [3.05, 3.63) is 22.6 Å². The number of rotatable bonds is 4. The molecule has 3 N–H and O–H groups in total. The number of halogens is 1. The zero-order valence-electron chi connectivity index (χ0n) is 7.29. The molecule has 1 heterocycles. The molecule has 0 spiro atoms. The zero-order valence-corrected chi connectivity index (χ0v) is 8.88. The third-order valence-electron chi connectivity index (χ3n) is 2.49. The number of hydrogen-bond acceptors (Lipinski definition) is 3. The Labute approximate surface area is 85.8 Å². The summed E-state index contributed by atoms with van der Waals surface area (Å²) in [6.45, 7) is 0. The predicted octanol–water partition coefficient (Wildman–Crippen LogP) is 2.35. The molecular formula is C9H13BrN2O. The van der Waals surface area contributed by atoms with Crippen LogP contribution in [0.3, 0.4) is 0 Å². The van der Waals surface area contributed by atoms with Crippen molar-refractivity contribution < 1.29 is 4.42 Å². The minimum atomic E-state index is 0.223. The lowest BCUT2D eigenvalue weighted by atomic mass is 10.1. The number of nitrogens with one attached hydrogen (secondary N) is 1. The van der Waals surface area contributed by atoms with E-state index in [2.05, 4.69) is 21.4 Å². The first-order valence-corrected chi connectivity index (χ1v) is 5.29. The monoisotopic (exact) mass is 244 g/mol. The van der Waals surface area contributed by atoms with Crippen LogP contribution >= 0.6 is 15.9 Å². The van der Waals surface area contributed by atoms with Gasteiger partial charge in [-0.3, -0.25) is 11.3 Å². The first-order valence-electron chi connectivity index (χ1n) is 4.50. The molecule has 1 aromatic heterocycles. The fourth-order valence-corrected chi connectivity index (χ4v) is 2.04. The maximum absolute atomic E-state index is 5.50. The standard InChI is InChI=1S/C9H13BrN2O/c10-9-7(3-4-13-9)8(12-11)5-6-1-2-6/h3-4,6,8,12H,1-2,5,11H2. The minimum absolute atomic E-state index is 0.223. The lowest BCUT2D eigenvalue weighted by Gasteiger charge is -2.13. The SMILES string of the molecule is NNC(CC1CC1)c1ccoc1Br. The quantitative estimate of drug-likeness (QED) is 0.632. The molecule has 0 aromatic carbocycles. The number of nitrogens with two attached hydrogens (primary N) is 1. The molecular weight excluding hydrogens is 232 g/mol. The molecule has 0 amide bonds. The van der Waals surface area contributed by atoms with Crippen LogP contribution in [0.5, 0.6) is 0 Å². The van der Waals surface area contributed by atoms with Crippen LogP contribution in [0.15, 0.2) is 21.4 Å². The topological polar surface area (TPSA) is 51.2 Å². The summed E-state index contributed by atoms with van der Waals surface area (Å²) in [5.74, 6) is 6.35. The van der Waals surface area contributed by atoms with Crippen molar-refractivity contribution in [3.8, 4) is 0 Å². The van der Waals surface area contributed by atoms with Crippen molar-refractivity contribution in [2.75, 3.05) is 0 Å². The average molecular weight is 245 g/mol. The smallest absolute Gasteiger partial charge is 0.173 e. The van der Waals surface area contributed by atoms with E-state index < -0.39 is 0 Å². The van der Waals surface area contributed by atoms with E-state index in [4.69, 9.17) is 10.3 Å². The third kappa shape index (κ3) is 2.13. The van der Waals surface area contributed by atoms with E-state index in [9.17, 15) is 0 Å². The van der Waals surface area contributed by atoms with Gasteiger partial charge in [-0.1, -0.05) is 12.8 Å². The second-order valence-electron chi connectivity index (χ2n) is 3.55. The Morgan fingerprint density at radius 1 is 1.69 bits per heavy atom. The van der Waals surface area contributed by atoms with Crippen LogP contribution in [0.25, 0.3) is 0 Å². The van der Waals surface area contributed by atoms with Crippen LogP contribution in [0, 0.1) is 5.92 Å². The van der Waals surface area contributed by atoms with Crippen LogP contribution < -0.4 is 11.3 Å². The second-order valence-corrected chi connectivity index (χ2v) is 4.27. The van der Waals surface area contributed by atoms with Crippen LogP contribution in [-0.2, 0) is 0 Å². The van der Waals surface area contributed by atoms with Crippen molar-refractivity contribution >= 4 is 15.9 Å². The molecule has 2 rings (SSSR count). The number of hydrogen-bond donors (Lipinski definition) is 2. The molecule has 3 nitrogen and oxygen atoms in total. The minimum Gasteiger partial charge on any atom is -0.457 e. The molecule has 0 saturated heterocycles. The summed E-state index contributed by atoms with van der Waals surface area (Å²) >= 11 is 3.36. The molecule has 13 heavy (non-hydrogen) atoms. The van der Waals surface area contributed by atoms with Gasteiger partial charge in [0.2, 0.25) is 0 Å². The van der Waals surface area contributed by atoms with Gasteiger partial charge in [-0.15, -0.1) is 0 Å². The van der Waals surface area contributed by atoms with E-state index in [-0.39, 0.29) is 6.04 Å². The van der Waals surface area contributed by atoms with E-state index in [1.807, 2.05) is 6.07 Å². The van der Waals surface area contributed by atoms with E-state index in [0.29, 0.717) is 0 Å². The number of furan rings is 1. The highest BCUT2D eigenvalue weighted by Crippen LogP contribution is 2.38. The van der Waals surface area contributed by atoms with Gasteiger partial charge in [0, 0.05) is 5.56 Å². The first-order chi connectivity index (χ1) is 6.31. The molecule has 0 radical (unpaired) electrons. The average Bonchev–Trinajstić information content (AvgIpc) is 2.85. The Bertz CT molecular complexity index is 283. The van der Waals surface area contributed by atoms with Gasteiger partial charge in [-0.25, -0.2) is 0 Å². The van der Waals surface area contributed by atoms with Crippen LogP contribution in [-0.4, -0.2) is 0 Å². The lowest BCUT2D eigenvalue weighted by molar-refractivity contribution is 0.469. The van der Waals surface area contributed by atoms with Gasteiger partial charge in [0.15, 0.2) is 4.67 Å². The summed E-state index contributed by atoms with van der Waals surface area (Å²) < 4.78 is 5.96. The molecule has 1 unspecified atom stereocenters. The van der Waals surface area contributed by atoms with Gasteiger partial charge in [0.05, 0.1) is 12.3 Å². The lowest BCUT2D eigenvalue weighted by Crippen LogP contribution is -2.28. The van der Waals surface area contributed by atoms with Gasteiger partial charge in [-0.05, 0) is 34.3 Å². The van der Waals surface area contributed by atoms with E-state index in [1.165, 1.54) is 12.8 Å². The maximum Gasteiger partial charge on any atom is 0.173 e. The van der Waals surface area contributed by atoms with Crippen LogP contribution in [0.2, 0.25) is 0 Å². The summed E-state index contributed by atoms with van der Waals surface area (Å²) in [6, 6.07) is 2.18. The van der Waals surface area contributed by atoms with Crippen molar-refractivity contribution in [2.45, 2.75) is 25.3 Å². The summed E-state index contributed by atoms with van der Waals surface area (Å²) in [4.78, 5) is 0. The molecule has 1 fully saturated rings. The van der Waals surface area contributed by atoms with E-state index >= 15 is 0 Å². The third-order valence-corrected chi connectivity index (χ3v) is 3.13. The normalized spacial score (nSPS) is 18.9. The Morgan fingerprint density at radius 3 is 2.92 bits per heavy atom. The van der Waals surface area contributed by atoms with Gasteiger partial charge in [0.1, 0.15) is 0 Å². The molecule has 4 heteroatoms. The maximum atomic E-state index is 5.50. The first kappa shape index (κ1) is 9.24. The summed E-state index contributed by atoms with van der Waals surface area (Å²) in [7, 11) is 0. The zero-order chi connectivity index (χ0) is 9.26. The van der Waals surface area contributed by atoms with Crippen LogP contribution in [0.4, 0.5) is 0 Å². The fraction of sp³-hybridized carbons (Fsp3) is 0.556.